The molecular weight excluding hydrogens is 222 g/mol. The molecule has 1 atom stereocenters. The van der Waals surface area contributed by atoms with E-state index in [1.54, 1.807) is 18.9 Å². The minimum atomic E-state index is 0.533. The van der Waals surface area contributed by atoms with Gasteiger partial charge in [0.15, 0.2) is 0 Å². The molecule has 0 radical (unpaired) electrons. The predicted molar refractivity (Wildman–Crippen MR) is 68.7 cm³/mol. The molecule has 0 aliphatic carbocycles. The number of hydrogen-bond donors (Lipinski definition) is 1. The van der Waals surface area contributed by atoms with Crippen LogP contribution in [0.5, 0.6) is 0 Å². The topological polar surface area (TPSA) is 34.4 Å². The van der Waals surface area contributed by atoms with Gasteiger partial charge in [-0.2, -0.15) is 11.8 Å². The molecule has 1 heterocycles. The van der Waals surface area contributed by atoms with Gasteiger partial charge in [-0.3, -0.25) is 0 Å². The van der Waals surface area contributed by atoms with Crippen LogP contribution >= 0.6 is 11.8 Å². The Morgan fingerprint density at radius 3 is 2.88 bits per heavy atom. The zero-order valence-corrected chi connectivity index (χ0v) is 11.1. The first-order valence-corrected chi connectivity index (χ1v) is 6.91. The van der Waals surface area contributed by atoms with Gasteiger partial charge in [0.25, 0.3) is 0 Å². The van der Waals surface area contributed by atoms with Crippen molar-refractivity contribution >= 4 is 11.8 Å². The van der Waals surface area contributed by atoms with E-state index in [1.165, 1.54) is 0 Å². The molecule has 1 unspecified atom stereocenters. The molecule has 0 saturated heterocycles. The molecule has 0 aromatic carbocycles. The Hall–Kier alpha value is -0.450. The van der Waals surface area contributed by atoms with Crippen molar-refractivity contribution in [3.8, 4) is 0 Å². The molecule has 1 N–H and O–H groups in total. The molecule has 0 amide bonds. The van der Waals surface area contributed by atoms with Crippen molar-refractivity contribution in [2.24, 2.45) is 5.92 Å². The summed E-state index contributed by atoms with van der Waals surface area (Å²) in [5.74, 6) is 3.54. The maximum absolute atomic E-state index is 5.65. The third-order valence-electron chi connectivity index (χ3n) is 2.25. The van der Waals surface area contributed by atoms with E-state index in [9.17, 15) is 0 Å². The Labute approximate surface area is 102 Å². The first kappa shape index (κ1) is 13.6. The van der Waals surface area contributed by atoms with Gasteiger partial charge < -0.3 is 14.5 Å². The smallest absolute Gasteiger partial charge is 0.117 e. The van der Waals surface area contributed by atoms with Crippen LogP contribution in [0.3, 0.4) is 0 Å². The van der Waals surface area contributed by atoms with Crippen LogP contribution in [0.4, 0.5) is 0 Å². The molecule has 0 bridgehead atoms. The van der Waals surface area contributed by atoms with Gasteiger partial charge in [0.1, 0.15) is 11.5 Å². The lowest BCUT2D eigenvalue weighted by atomic mass is 10.2. The highest BCUT2D eigenvalue weighted by Crippen LogP contribution is 2.13. The normalized spacial score (nSPS) is 12.9. The molecule has 0 fully saturated rings. The van der Waals surface area contributed by atoms with Crippen LogP contribution in [-0.2, 0) is 17.0 Å². The van der Waals surface area contributed by atoms with E-state index in [-0.39, 0.29) is 0 Å². The average molecular weight is 243 g/mol. The van der Waals surface area contributed by atoms with Crippen LogP contribution in [0.1, 0.15) is 18.4 Å². The molecule has 4 heteroatoms. The molecule has 16 heavy (non-hydrogen) atoms. The Kier molecular flexibility index (Phi) is 6.61. The molecule has 92 valence electrons. The molecule has 0 aliphatic heterocycles. The fourth-order valence-corrected chi connectivity index (χ4v) is 1.96. The van der Waals surface area contributed by atoms with Gasteiger partial charge in [0.05, 0.1) is 12.3 Å². The molecule has 1 aromatic heterocycles. The third-order valence-corrected chi connectivity index (χ3v) is 2.82. The lowest BCUT2D eigenvalue weighted by molar-refractivity contribution is 0.158. The van der Waals surface area contributed by atoms with E-state index in [1.807, 2.05) is 12.1 Å². The molecule has 0 aliphatic rings. The van der Waals surface area contributed by atoms with Crippen LogP contribution in [0, 0.1) is 5.92 Å². The Morgan fingerprint density at radius 1 is 1.44 bits per heavy atom. The van der Waals surface area contributed by atoms with Gasteiger partial charge in [-0.05, 0) is 24.3 Å². The summed E-state index contributed by atoms with van der Waals surface area (Å²) in [5.41, 5.74) is 0. The predicted octanol–water partition coefficient (Wildman–Crippen LogP) is 2.51. The first-order chi connectivity index (χ1) is 7.76. The number of thioether (sulfide) groups is 1. The van der Waals surface area contributed by atoms with Crippen molar-refractivity contribution in [2.75, 3.05) is 26.5 Å². The van der Waals surface area contributed by atoms with Crippen molar-refractivity contribution in [1.82, 2.24) is 5.32 Å². The summed E-state index contributed by atoms with van der Waals surface area (Å²) in [5, 5.41) is 3.36. The van der Waals surface area contributed by atoms with Crippen molar-refractivity contribution in [2.45, 2.75) is 19.2 Å². The van der Waals surface area contributed by atoms with E-state index < -0.39 is 0 Å². The molecule has 0 spiro atoms. The highest BCUT2D eigenvalue weighted by molar-refractivity contribution is 7.97. The maximum Gasteiger partial charge on any atom is 0.117 e. The summed E-state index contributed by atoms with van der Waals surface area (Å²) in [6.45, 7) is 4.70. The number of hydrogen-bond acceptors (Lipinski definition) is 4. The minimum absolute atomic E-state index is 0.533. The van der Waals surface area contributed by atoms with Gasteiger partial charge in [0, 0.05) is 20.3 Å². The van der Waals surface area contributed by atoms with Crippen LogP contribution in [0.2, 0.25) is 0 Å². The van der Waals surface area contributed by atoms with Crippen molar-refractivity contribution in [3.63, 3.8) is 0 Å². The molecule has 1 aromatic rings. The zero-order chi connectivity index (χ0) is 11.8. The number of furan rings is 1. The summed E-state index contributed by atoms with van der Waals surface area (Å²) < 4.78 is 10.7. The first-order valence-electron chi connectivity index (χ1n) is 5.52. The van der Waals surface area contributed by atoms with Gasteiger partial charge >= 0.3 is 0 Å². The minimum Gasteiger partial charge on any atom is -0.464 e. The lowest BCUT2D eigenvalue weighted by Crippen LogP contribution is -2.23. The quantitative estimate of drug-likeness (QED) is 0.761. The van der Waals surface area contributed by atoms with E-state index in [2.05, 4.69) is 18.5 Å². The van der Waals surface area contributed by atoms with Crippen LogP contribution in [0.25, 0.3) is 0 Å². The van der Waals surface area contributed by atoms with Crippen LogP contribution in [-0.4, -0.2) is 26.5 Å². The van der Waals surface area contributed by atoms with Gasteiger partial charge in [0.2, 0.25) is 0 Å². The van der Waals surface area contributed by atoms with Gasteiger partial charge in [-0.25, -0.2) is 0 Å². The SMILES string of the molecule is COCC(C)CNCc1ccc(CSC)o1. The van der Waals surface area contributed by atoms with E-state index in [0.29, 0.717) is 5.92 Å². The maximum atomic E-state index is 5.65. The van der Waals surface area contributed by atoms with E-state index >= 15 is 0 Å². The number of rotatable bonds is 8. The summed E-state index contributed by atoms with van der Waals surface area (Å²) in [6.07, 6.45) is 2.08. The van der Waals surface area contributed by atoms with Crippen molar-refractivity contribution < 1.29 is 9.15 Å². The number of ether oxygens (including phenoxy) is 1. The van der Waals surface area contributed by atoms with Gasteiger partial charge in [-0.1, -0.05) is 6.92 Å². The Balaban J connectivity index is 2.21. The van der Waals surface area contributed by atoms with E-state index in [4.69, 9.17) is 9.15 Å². The fraction of sp³-hybridized carbons (Fsp3) is 0.667. The highest BCUT2D eigenvalue weighted by atomic mass is 32.2. The fourth-order valence-electron chi connectivity index (χ4n) is 1.52. The summed E-state index contributed by atoms with van der Waals surface area (Å²) in [7, 11) is 1.73. The Bertz CT molecular complexity index is 288. The monoisotopic (exact) mass is 243 g/mol. The third kappa shape index (κ3) is 5.05. The molecule has 1 rings (SSSR count). The highest BCUT2D eigenvalue weighted by Gasteiger charge is 2.03. The molecule has 0 saturated carbocycles. The Morgan fingerprint density at radius 2 is 2.19 bits per heavy atom. The number of nitrogens with one attached hydrogen (secondary N) is 1. The second-order valence-electron chi connectivity index (χ2n) is 3.99. The number of methoxy groups -OCH3 is 1. The summed E-state index contributed by atoms with van der Waals surface area (Å²) in [4.78, 5) is 0. The average Bonchev–Trinajstić information content (AvgIpc) is 2.67. The molecular formula is C12H21NO2S. The second-order valence-corrected chi connectivity index (χ2v) is 4.86. The lowest BCUT2D eigenvalue weighted by Gasteiger charge is -2.10. The summed E-state index contributed by atoms with van der Waals surface area (Å²) in [6, 6.07) is 4.09. The standard InChI is InChI=1S/C12H21NO2S/c1-10(8-14-2)6-13-7-11-4-5-12(15-11)9-16-3/h4-5,10,13H,6-9H2,1-3H3. The van der Waals surface area contributed by atoms with E-state index in [0.717, 1.165) is 37.0 Å². The van der Waals surface area contributed by atoms with Gasteiger partial charge in [-0.15, -0.1) is 0 Å². The molecule has 3 nitrogen and oxygen atoms in total. The van der Waals surface area contributed by atoms with Crippen molar-refractivity contribution in [1.29, 1.82) is 0 Å². The van der Waals surface area contributed by atoms with Crippen LogP contribution in [0.15, 0.2) is 16.5 Å². The zero-order valence-electron chi connectivity index (χ0n) is 10.3. The largest absolute Gasteiger partial charge is 0.464 e. The van der Waals surface area contributed by atoms with Crippen molar-refractivity contribution in [3.05, 3.63) is 23.7 Å². The summed E-state index contributed by atoms with van der Waals surface area (Å²) >= 11 is 1.77. The van der Waals surface area contributed by atoms with Crippen LogP contribution < -0.4 is 5.32 Å². The second kappa shape index (κ2) is 7.76.